The molecule has 0 aromatic heterocycles. The first kappa shape index (κ1) is 20.2. The molecule has 2 amide bonds. The van der Waals surface area contributed by atoms with Gasteiger partial charge in [-0.05, 0) is 36.4 Å². The van der Waals surface area contributed by atoms with Gasteiger partial charge in [-0.2, -0.15) is 0 Å². The molecule has 0 aliphatic rings. The quantitative estimate of drug-likeness (QED) is 0.645. The first-order valence-corrected chi connectivity index (χ1v) is 8.85. The summed E-state index contributed by atoms with van der Waals surface area (Å²) in [6.45, 7) is -0.899. The molecule has 0 atom stereocenters. The van der Waals surface area contributed by atoms with Gasteiger partial charge in [0.15, 0.2) is 6.61 Å². The van der Waals surface area contributed by atoms with Crippen LogP contribution in [0.4, 0.5) is 5.69 Å². The highest BCUT2D eigenvalue weighted by Crippen LogP contribution is 2.29. The van der Waals surface area contributed by atoms with Crippen LogP contribution in [0, 0.1) is 0 Å². The van der Waals surface area contributed by atoms with E-state index in [0.717, 1.165) is 4.47 Å². The summed E-state index contributed by atoms with van der Waals surface area (Å²) in [5, 5.41) is 5.39. The standard InChI is InChI=1S/C17H13BrCl2N2O4/c18-11-6-4-10(5-7-11)17(25)21-8-15(24)26-9-14(23)22-16-12(19)2-1-3-13(16)20/h1-7H,8-9H2,(H,21,25)(H,22,23). The molecule has 26 heavy (non-hydrogen) atoms. The van der Waals surface area contributed by atoms with Gasteiger partial charge in [0, 0.05) is 10.0 Å². The molecule has 0 saturated carbocycles. The Balaban J connectivity index is 1.77. The molecular formula is C17H13BrCl2N2O4. The molecular weight excluding hydrogens is 447 g/mol. The first-order valence-electron chi connectivity index (χ1n) is 7.30. The van der Waals surface area contributed by atoms with Crippen LogP contribution in [-0.4, -0.2) is 30.9 Å². The maximum Gasteiger partial charge on any atom is 0.325 e. The maximum absolute atomic E-state index is 11.9. The Morgan fingerprint density at radius 3 is 2.23 bits per heavy atom. The molecule has 2 N–H and O–H groups in total. The molecule has 6 nitrogen and oxygen atoms in total. The summed E-state index contributed by atoms with van der Waals surface area (Å²) in [6.07, 6.45) is 0. The highest BCUT2D eigenvalue weighted by atomic mass is 79.9. The Morgan fingerprint density at radius 1 is 1.00 bits per heavy atom. The first-order chi connectivity index (χ1) is 12.4. The van der Waals surface area contributed by atoms with Crippen molar-refractivity contribution in [3.63, 3.8) is 0 Å². The maximum atomic E-state index is 11.9. The second-order valence-corrected chi connectivity index (χ2v) is 6.73. The smallest absolute Gasteiger partial charge is 0.325 e. The Hall–Kier alpha value is -2.09. The van der Waals surface area contributed by atoms with Gasteiger partial charge in [0.1, 0.15) is 6.54 Å². The number of hydrogen-bond donors (Lipinski definition) is 2. The van der Waals surface area contributed by atoms with Gasteiger partial charge in [-0.15, -0.1) is 0 Å². The van der Waals surface area contributed by atoms with E-state index < -0.39 is 24.4 Å². The second kappa shape index (κ2) is 9.56. The van der Waals surface area contributed by atoms with E-state index in [9.17, 15) is 14.4 Å². The second-order valence-electron chi connectivity index (χ2n) is 5.00. The summed E-state index contributed by atoms with van der Waals surface area (Å²) in [6, 6.07) is 11.4. The molecule has 0 aliphatic carbocycles. The molecule has 0 unspecified atom stereocenters. The van der Waals surface area contributed by atoms with Crippen LogP contribution in [0.15, 0.2) is 46.9 Å². The highest BCUT2D eigenvalue weighted by Gasteiger charge is 2.13. The lowest BCUT2D eigenvalue weighted by atomic mass is 10.2. The van der Waals surface area contributed by atoms with Crippen molar-refractivity contribution in [1.29, 1.82) is 0 Å². The molecule has 2 aromatic carbocycles. The fourth-order valence-electron chi connectivity index (χ4n) is 1.85. The van der Waals surface area contributed by atoms with Crippen molar-refractivity contribution in [2.24, 2.45) is 0 Å². The summed E-state index contributed by atoms with van der Waals surface area (Å²) >= 11 is 15.1. The Kier molecular flexibility index (Phi) is 7.44. The fourth-order valence-corrected chi connectivity index (χ4v) is 2.60. The summed E-state index contributed by atoms with van der Waals surface area (Å²) < 4.78 is 5.63. The fraction of sp³-hybridized carbons (Fsp3) is 0.118. The van der Waals surface area contributed by atoms with Crippen molar-refractivity contribution in [1.82, 2.24) is 5.32 Å². The Morgan fingerprint density at radius 2 is 1.62 bits per heavy atom. The lowest BCUT2D eigenvalue weighted by molar-refractivity contribution is -0.146. The monoisotopic (exact) mass is 458 g/mol. The topological polar surface area (TPSA) is 84.5 Å². The van der Waals surface area contributed by atoms with Gasteiger partial charge in [0.2, 0.25) is 0 Å². The number of halogens is 3. The summed E-state index contributed by atoms with van der Waals surface area (Å²) in [4.78, 5) is 35.3. The summed E-state index contributed by atoms with van der Waals surface area (Å²) in [5.41, 5.74) is 0.632. The Labute approximate surface area is 167 Å². The van der Waals surface area contributed by atoms with Gasteiger partial charge < -0.3 is 15.4 Å². The van der Waals surface area contributed by atoms with Gasteiger partial charge in [0.05, 0.1) is 15.7 Å². The molecule has 0 heterocycles. The van der Waals surface area contributed by atoms with Gasteiger partial charge in [-0.1, -0.05) is 45.2 Å². The van der Waals surface area contributed by atoms with E-state index in [0.29, 0.717) is 5.56 Å². The predicted octanol–water partition coefficient (Wildman–Crippen LogP) is 3.67. The minimum atomic E-state index is -0.754. The molecule has 2 aromatic rings. The van der Waals surface area contributed by atoms with Crippen molar-refractivity contribution in [3.05, 3.63) is 62.5 Å². The molecule has 0 aliphatic heterocycles. The van der Waals surface area contributed by atoms with Crippen molar-refractivity contribution in [2.75, 3.05) is 18.5 Å². The molecule has 0 saturated heterocycles. The zero-order valence-corrected chi connectivity index (χ0v) is 16.3. The predicted molar refractivity (Wildman–Crippen MR) is 103 cm³/mol. The zero-order valence-electron chi connectivity index (χ0n) is 13.2. The van der Waals surface area contributed by atoms with Crippen molar-refractivity contribution >= 4 is 62.6 Å². The van der Waals surface area contributed by atoms with Crippen molar-refractivity contribution < 1.29 is 19.1 Å². The van der Waals surface area contributed by atoms with Gasteiger partial charge in [0.25, 0.3) is 11.8 Å². The van der Waals surface area contributed by atoms with Crippen LogP contribution < -0.4 is 10.6 Å². The molecule has 0 bridgehead atoms. The minimum absolute atomic E-state index is 0.237. The normalized spacial score (nSPS) is 10.1. The van der Waals surface area contributed by atoms with Crippen LogP contribution in [0.3, 0.4) is 0 Å². The van der Waals surface area contributed by atoms with Crippen LogP contribution >= 0.6 is 39.1 Å². The van der Waals surface area contributed by atoms with Crippen LogP contribution in [0.25, 0.3) is 0 Å². The third-order valence-corrected chi connectivity index (χ3v) is 4.25. The number of rotatable bonds is 6. The van der Waals surface area contributed by atoms with Gasteiger partial charge in [-0.3, -0.25) is 14.4 Å². The largest absolute Gasteiger partial charge is 0.454 e. The number of para-hydroxylation sites is 1. The summed E-state index contributed by atoms with van der Waals surface area (Å²) in [5.74, 6) is -1.79. The molecule has 0 spiro atoms. The molecule has 2 rings (SSSR count). The van der Waals surface area contributed by atoms with E-state index in [-0.39, 0.29) is 22.3 Å². The number of amides is 2. The minimum Gasteiger partial charge on any atom is -0.454 e. The number of carbonyl (C=O) groups excluding carboxylic acids is 3. The molecule has 0 radical (unpaired) electrons. The number of esters is 1. The van der Waals surface area contributed by atoms with Crippen LogP contribution in [-0.2, 0) is 14.3 Å². The average molecular weight is 460 g/mol. The van der Waals surface area contributed by atoms with Crippen LogP contribution in [0.5, 0.6) is 0 Å². The van der Waals surface area contributed by atoms with Gasteiger partial charge >= 0.3 is 5.97 Å². The SMILES string of the molecule is O=C(COC(=O)CNC(=O)c1ccc(Br)cc1)Nc1c(Cl)cccc1Cl. The highest BCUT2D eigenvalue weighted by molar-refractivity contribution is 9.10. The van der Waals surface area contributed by atoms with Gasteiger partial charge in [-0.25, -0.2) is 0 Å². The lowest BCUT2D eigenvalue weighted by Gasteiger charge is -2.10. The number of nitrogens with one attached hydrogen (secondary N) is 2. The third kappa shape index (κ3) is 6.01. The Bertz CT molecular complexity index is 808. The number of hydrogen-bond acceptors (Lipinski definition) is 4. The number of benzene rings is 2. The van der Waals surface area contributed by atoms with E-state index in [1.165, 1.54) is 0 Å². The van der Waals surface area contributed by atoms with E-state index >= 15 is 0 Å². The van der Waals surface area contributed by atoms with E-state index in [1.54, 1.807) is 42.5 Å². The van der Waals surface area contributed by atoms with Crippen molar-refractivity contribution in [2.45, 2.75) is 0 Å². The average Bonchev–Trinajstić information content (AvgIpc) is 2.61. The number of anilines is 1. The molecule has 0 fully saturated rings. The van der Waals surface area contributed by atoms with E-state index in [1.807, 2.05) is 0 Å². The lowest BCUT2D eigenvalue weighted by Crippen LogP contribution is -2.32. The zero-order chi connectivity index (χ0) is 19.1. The van der Waals surface area contributed by atoms with E-state index in [2.05, 4.69) is 26.6 Å². The number of carbonyl (C=O) groups is 3. The molecule has 9 heteroatoms. The third-order valence-electron chi connectivity index (χ3n) is 3.09. The summed E-state index contributed by atoms with van der Waals surface area (Å²) in [7, 11) is 0. The van der Waals surface area contributed by atoms with E-state index in [4.69, 9.17) is 27.9 Å². The van der Waals surface area contributed by atoms with Crippen LogP contribution in [0.1, 0.15) is 10.4 Å². The van der Waals surface area contributed by atoms with Crippen LogP contribution in [0.2, 0.25) is 10.0 Å². The molecule has 136 valence electrons. The number of ether oxygens (including phenoxy) is 1. The van der Waals surface area contributed by atoms with Crippen molar-refractivity contribution in [3.8, 4) is 0 Å².